The van der Waals surface area contributed by atoms with Gasteiger partial charge in [-0.3, -0.25) is 0 Å². The predicted molar refractivity (Wildman–Crippen MR) is 278 cm³/mol. The lowest BCUT2D eigenvalue weighted by Gasteiger charge is -2.30. The van der Waals surface area contributed by atoms with Gasteiger partial charge in [0, 0.05) is 16.9 Å². The maximum Gasteiger partial charge on any atom is 0.0546 e. The van der Waals surface area contributed by atoms with E-state index in [9.17, 15) is 0 Å². The van der Waals surface area contributed by atoms with E-state index in [1.54, 1.807) is 0 Å². The zero-order valence-corrected chi connectivity index (χ0v) is 35.8. The van der Waals surface area contributed by atoms with Crippen LogP contribution in [0.5, 0.6) is 0 Å². The van der Waals surface area contributed by atoms with Crippen LogP contribution < -0.4 is 4.90 Å². The van der Waals surface area contributed by atoms with Crippen molar-refractivity contribution >= 4 is 60.2 Å². The average Bonchev–Trinajstić information content (AvgIpc) is 3.39. The topological polar surface area (TPSA) is 3.24 Å². The molecule has 0 saturated heterocycles. The van der Waals surface area contributed by atoms with E-state index in [1.807, 2.05) is 0 Å². The number of anilines is 3. The molecule has 0 spiro atoms. The van der Waals surface area contributed by atoms with Gasteiger partial charge in [0.1, 0.15) is 0 Å². The molecule has 12 aromatic rings. The SMILES string of the molecule is c1ccc(-c2ccc(N(c3ccc(-c4cc5ccccc5c5ccccc45)cc3)c3cccc(-c4ccccc4-c4ccccc4)c3-c3cc4ccccc4c4ccccc34)cc2)cc1. The average molecular weight is 826 g/mol. The summed E-state index contributed by atoms with van der Waals surface area (Å²) < 4.78 is 0. The van der Waals surface area contributed by atoms with Crippen molar-refractivity contribution in [3.05, 3.63) is 261 Å². The molecule has 0 aliphatic carbocycles. The molecule has 0 N–H and O–H groups in total. The molecule has 304 valence electrons. The summed E-state index contributed by atoms with van der Waals surface area (Å²) >= 11 is 0. The third kappa shape index (κ3) is 6.82. The minimum atomic E-state index is 1.08. The van der Waals surface area contributed by atoms with Gasteiger partial charge in [-0.15, -0.1) is 0 Å². The fourth-order valence-electron chi connectivity index (χ4n) is 10.0. The third-order valence-electron chi connectivity index (χ3n) is 13.1. The molecule has 0 atom stereocenters. The molecular weight excluding hydrogens is 783 g/mol. The third-order valence-corrected chi connectivity index (χ3v) is 13.1. The first-order valence-corrected chi connectivity index (χ1v) is 22.4. The summed E-state index contributed by atoms with van der Waals surface area (Å²) in [6, 6.07) is 95.4. The zero-order valence-electron chi connectivity index (χ0n) is 35.8. The lowest BCUT2D eigenvalue weighted by molar-refractivity contribution is 1.28. The number of benzene rings is 12. The van der Waals surface area contributed by atoms with Crippen LogP contribution in [0, 0.1) is 0 Å². The molecule has 12 aromatic carbocycles. The molecule has 0 amide bonds. The summed E-state index contributed by atoms with van der Waals surface area (Å²) in [6.07, 6.45) is 0. The van der Waals surface area contributed by atoms with Crippen LogP contribution in [0.4, 0.5) is 17.1 Å². The van der Waals surface area contributed by atoms with Crippen molar-refractivity contribution in [2.24, 2.45) is 0 Å². The van der Waals surface area contributed by atoms with E-state index in [2.05, 4.69) is 266 Å². The largest absolute Gasteiger partial charge is 0.310 e. The van der Waals surface area contributed by atoms with Gasteiger partial charge in [-0.05, 0) is 136 Å². The van der Waals surface area contributed by atoms with Crippen LogP contribution in [0.2, 0.25) is 0 Å². The van der Waals surface area contributed by atoms with Crippen molar-refractivity contribution in [2.75, 3.05) is 4.90 Å². The number of fused-ring (bicyclic) bond motifs is 6. The molecule has 12 rings (SSSR count). The van der Waals surface area contributed by atoms with Crippen LogP contribution in [0.25, 0.3) is 98.7 Å². The zero-order chi connectivity index (χ0) is 43.1. The Kier molecular flexibility index (Phi) is 9.58. The highest BCUT2D eigenvalue weighted by molar-refractivity contribution is 6.17. The van der Waals surface area contributed by atoms with Crippen LogP contribution >= 0.6 is 0 Å². The van der Waals surface area contributed by atoms with Crippen LogP contribution in [0.1, 0.15) is 0 Å². The maximum atomic E-state index is 2.46. The minimum absolute atomic E-state index is 1.08. The molecule has 0 aliphatic rings. The van der Waals surface area contributed by atoms with Gasteiger partial charge in [-0.2, -0.15) is 0 Å². The Morgan fingerprint density at radius 2 is 0.615 bits per heavy atom. The quantitative estimate of drug-likeness (QED) is 0.138. The molecule has 0 heterocycles. The monoisotopic (exact) mass is 825 g/mol. The molecule has 0 bridgehead atoms. The first-order chi connectivity index (χ1) is 32.3. The fraction of sp³-hybridized carbons (Fsp3) is 0. The van der Waals surface area contributed by atoms with Gasteiger partial charge in [0.2, 0.25) is 0 Å². The second-order valence-electron chi connectivity index (χ2n) is 16.8. The fourth-order valence-corrected chi connectivity index (χ4v) is 10.0. The van der Waals surface area contributed by atoms with Gasteiger partial charge in [0.05, 0.1) is 5.69 Å². The van der Waals surface area contributed by atoms with Gasteiger partial charge in [-0.1, -0.05) is 218 Å². The van der Waals surface area contributed by atoms with Gasteiger partial charge in [-0.25, -0.2) is 0 Å². The lowest BCUT2D eigenvalue weighted by Crippen LogP contribution is -2.12. The first kappa shape index (κ1) is 38.2. The van der Waals surface area contributed by atoms with Crippen LogP contribution in [-0.4, -0.2) is 0 Å². The number of hydrogen-bond donors (Lipinski definition) is 0. The van der Waals surface area contributed by atoms with E-state index in [1.165, 1.54) is 98.7 Å². The van der Waals surface area contributed by atoms with Gasteiger partial charge >= 0.3 is 0 Å². The molecule has 0 radical (unpaired) electrons. The summed E-state index contributed by atoms with van der Waals surface area (Å²) in [5.74, 6) is 0. The van der Waals surface area contributed by atoms with E-state index in [4.69, 9.17) is 0 Å². The van der Waals surface area contributed by atoms with Gasteiger partial charge in [0.15, 0.2) is 0 Å². The van der Waals surface area contributed by atoms with Crippen molar-refractivity contribution in [1.29, 1.82) is 0 Å². The number of nitrogens with zero attached hydrogens (tertiary/aromatic N) is 1. The van der Waals surface area contributed by atoms with Gasteiger partial charge < -0.3 is 4.90 Å². The normalized spacial score (nSPS) is 11.4. The predicted octanol–water partition coefficient (Wildman–Crippen LogP) is 18.1. The first-order valence-electron chi connectivity index (χ1n) is 22.4. The maximum absolute atomic E-state index is 2.46. The molecule has 1 heteroatoms. The summed E-state index contributed by atoms with van der Waals surface area (Å²) in [4.78, 5) is 2.46. The Morgan fingerprint density at radius 3 is 1.22 bits per heavy atom. The standard InChI is InChI=1S/C64H43N/c1-3-18-44(19-4-1)45-34-38-50(39-35-45)65(51-40-36-47(37-41-51)61-42-48-22-7-9-25-53(48)55-27-13-15-30-58(55)61)63-33-17-32-60(57-29-12-11-24-52(57)46-20-5-2-6-21-46)64(63)62-43-49-23-8-10-26-54(49)56-28-14-16-31-59(56)62/h1-43H. The van der Waals surface area contributed by atoms with Crippen molar-refractivity contribution in [3.63, 3.8) is 0 Å². The van der Waals surface area contributed by atoms with Crippen LogP contribution in [0.3, 0.4) is 0 Å². The highest BCUT2D eigenvalue weighted by Crippen LogP contribution is 2.50. The second kappa shape index (κ2) is 16.3. The summed E-state index contributed by atoms with van der Waals surface area (Å²) in [6.45, 7) is 0. The van der Waals surface area contributed by atoms with E-state index in [-0.39, 0.29) is 0 Å². The van der Waals surface area contributed by atoms with Crippen molar-refractivity contribution in [3.8, 4) is 55.6 Å². The summed E-state index contributed by atoms with van der Waals surface area (Å²) in [7, 11) is 0. The smallest absolute Gasteiger partial charge is 0.0546 e. The van der Waals surface area contributed by atoms with Crippen molar-refractivity contribution in [1.82, 2.24) is 0 Å². The Labute approximate surface area is 379 Å². The van der Waals surface area contributed by atoms with E-state index in [0.717, 1.165) is 17.1 Å². The second-order valence-corrected chi connectivity index (χ2v) is 16.8. The van der Waals surface area contributed by atoms with Crippen LogP contribution in [-0.2, 0) is 0 Å². The molecule has 0 fully saturated rings. The molecule has 0 aliphatic heterocycles. The molecular formula is C64H43N. The summed E-state index contributed by atoms with van der Waals surface area (Å²) in [5.41, 5.74) is 15.1. The molecule has 0 unspecified atom stereocenters. The van der Waals surface area contributed by atoms with Crippen LogP contribution in [0.15, 0.2) is 261 Å². The molecule has 1 nitrogen and oxygen atoms in total. The molecule has 65 heavy (non-hydrogen) atoms. The Morgan fingerprint density at radius 1 is 0.215 bits per heavy atom. The molecule has 0 aromatic heterocycles. The van der Waals surface area contributed by atoms with Crippen molar-refractivity contribution < 1.29 is 0 Å². The lowest BCUT2D eigenvalue weighted by atomic mass is 9.85. The van der Waals surface area contributed by atoms with Gasteiger partial charge in [0.25, 0.3) is 0 Å². The summed E-state index contributed by atoms with van der Waals surface area (Å²) in [5, 5.41) is 9.96. The van der Waals surface area contributed by atoms with E-state index < -0.39 is 0 Å². The minimum Gasteiger partial charge on any atom is -0.310 e. The highest BCUT2D eigenvalue weighted by Gasteiger charge is 2.24. The molecule has 0 saturated carbocycles. The number of hydrogen-bond acceptors (Lipinski definition) is 1. The van der Waals surface area contributed by atoms with E-state index >= 15 is 0 Å². The van der Waals surface area contributed by atoms with E-state index in [0.29, 0.717) is 0 Å². The Hall–Kier alpha value is -8.52. The Bertz CT molecular complexity index is 3680. The Balaban J connectivity index is 1.13. The number of rotatable bonds is 8. The highest BCUT2D eigenvalue weighted by atomic mass is 15.1. The van der Waals surface area contributed by atoms with Crippen molar-refractivity contribution in [2.45, 2.75) is 0 Å².